The van der Waals surface area contributed by atoms with E-state index in [1.807, 2.05) is 36.4 Å². The van der Waals surface area contributed by atoms with Crippen molar-refractivity contribution in [3.63, 3.8) is 0 Å². The Hall–Kier alpha value is -3.31. The lowest BCUT2D eigenvalue weighted by atomic mass is 9.73. The molecule has 0 aromatic heterocycles. The number of para-hydroxylation sites is 1. The average molecular weight is 495 g/mol. The van der Waals surface area contributed by atoms with Gasteiger partial charge in [0.15, 0.2) is 5.54 Å². The third kappa shape index (κ3) is 3.00. The van der Waals surface area contributed by atoms with E-state index < -0.39 is 23.2 Å². The third-order valence-electron chi connectivity index (χ3n) is 5.78. The minimum absolute atomic E-state index is 0.0758. The number of halogens is 1. The van der Waals surface area contributed by atoms with E-state index in [0.29, 0.717) is 16.8 Å². The van der Waals surface area contributed by atoms with Gasteiger partial charge in [-0.25, -0.2) is 9.69 Å². The maximum Gasteiger partial charge on any atom is 0.417 e. The van der Waals surface area contributed by atoms with Crippen molar-refractivity contribution in [2.75, 3.05) is 11.9 Å². The molecule has 164 valence electrons. The molecule has 2 aromatic rings. The van der Waals surface area contributed by atoms with Crippen LogP contribution in [0.4, 0.5) is 10.5 Å². The molecule has 2 atom stereocenters. The van der Waals surface area contributed by atoms with Gasteiger partial charge in [0, 0.05) is 22.8 Å². The highest BCUT2D eigenvalue weighted by Gasteiger charge is 2.66. The van der Waals surface area contributed by atoms with Gasteiger partial charge in [-0.3, -0.25) is 4.79 Å². The SMILES string of the molecule is CN1C(=O)[C@]2(c3ccccc31)[C@H](c1ccc(Br)cc1)C(C#N)=C(N)N2C(=O)OC(C)(C)C. The molecule has 2 aromatic carbocycles. The highest BCUT2D eigenvalue weighted by Crippen LogP contribution is 2.59. The summed E-state index contributed by atoms with van der Waals surface area (Å²) in [5, 5.41) is 10.1. The Morgan fingerprint density at radius 1 is 1.19 bits per heavy atom. The van der Waals surface area contributed by atoms with E-state index in [4.69, 9.17) is 10.5 Å². The molecule has 0 radical (unpaired) electrons. The van der Waals surface area contributed by atoms with Crippen LogP contribution in [-0.4, -0.2) is 29.5 Å². The fourth-order valence-electron chi connectivity index (χ4n) is 4.59. The smallest absolute Gasteiger partial charge is 0.417 e. The normalized spacial score (nSPS) is 22.4. The van der Waals surface area contributed by atoms with Crippen molar-refractivity contribution >= 4 is 33.6 Å². The molecule has 32 heavy (non-hydrogen) atoms. The zero-order valence-electron chi connectivity index (χ0n) is 18.2. The first-order valence-corrected chi connectivity index (χ1v) is 10.9. The lowest BCUT2D eigenvalue weighted by Crippen LogP contribution is -2.56. The van der Waals surface area contributed by atoms with Crippen LogP contribution in [0.25, 0.3) is 0 Å². The average Bonchev–Trinajstić information content (AvgIpc) is 3.12. The topological polar surface area (TPSA) is 99.7 Å². The summed E-state index contributed by atoms with van der Waals surface area (Å²) in [6.07, 6.45) is -0.777. The quantitative estimate of drug-likeness (QED) is 0.634. The van der Waals surface area contributed by atoms with E-state index in [1.165, 1.54) is 9.80 Å². The fraction of sp³-hybridized carbons (Fsp3) is 0.292. The van der Waals surface area contributed by atoms with Crippen LogP contribution in [0.3, 0.4) is 0 Å². The molecule has 2 heterocycles. The first kappa shape index (κ1) is 21.9. The van der Waals surface area contributed by atoms with Gasteiger partial charge in [-0.1, -0.05) is 46.3 Å². The summed E-state index contributed by atoms with van der Waals surface area (Å²) in [6, 6.07) is 16.7. The monoisotopic (exact) mass is 494 g/mol. The van der Waals surface area contributed by atoms with Gasteiger partial charge < -0.3 is 15.4 Å². The van der Waals surface area contributed by atoms with Crippen molar-refractivity contribution in [1.29, 1.82) is 5.26 Å². The Bertz CT molecular complexity index is 1190. The molecule has 0 saturated carbocycles. The standard InChI is InChI=1S/C24H23BrN4O3/c1-23(2,3)32-22(31)29-20(27)16(13-26)19(14-9-11-15(25)12-10-14)24(29)17-7-5-6-8-18(17)28(4)21(24)30/h5-12,19H,27H2,1-4H3/t19-,24+/m1/s1. The summed E-state index contributed by atoms with van der Waals surface area (Å²) in [5.74, 6) is -1.23. The van der Waals surface area contributed by atoms with Crippen molar-refractivity contribution in [3.8, 4) is 6.07 Å². The van der Waals surface area contributed by atoms with Crippen molar-refractivity contribution in [2.45, 2.75) is 37.8 Å². The summed E-state index contributed by atoms with van der Waals surface area (Å²) < 4.78 is 6.51. The van der Waals surface area contributed by atoms with Gasteiger partial charge in [0.1, 0.15) is 11.4 Å². The number of amides is 2. The molecule has 2 aliphatic heterocycles. The molecule has 2 amide bonds. The molecule has 8 heteroatoms. The van der Waals surface area contributed by atoms with Crippen molar-refractivity contribution in [1.82, 2.24) is 4.90 Å². The Labute approximate surface area is 195 Å². The van der Waals surface area contributed by atoms with Gasteiger partial charge >= 0.3 is 6.09 Å². The number of nitriles is 1. The van der Waals surface area contributed by atoms with Crippen molar-refractivity contribution in [2.24, 2.45) is 5.73 Å². The number of benzene rings is 2. The van der Waals surface area contributed by atoms with Gasteiger partial charge in [0.25, 0.3) is 5.91 Å². The third-order valence-corrected chi connectivity index (χ3v) is 6.31. The molecule has 1 spiro atoms. The van der Waals surface area contributed by atoms with Crippen molar-refractivity contribution < 1.29 is 14.3 Å². The minimum Gasteiger partial charge on any atom is -0.443 e. The summed E-state index contributed by atoms with van der Waals surface area (Å²) in [6.45, 7) is 5.21. The molecule has 2 N–H and O–H groups in total. The van der Waals surface area contributed by atoms with Crippen LogP contribution < -0.4 is 10.6 Å². The zero-order valence-corrected chi connectivity index (χ0v) is 19.8. The van der Waals surface area contributed by atoms with Crippen LogP contribution in [0.2, 0.25) is 0 Å². The first-order valence-electron chi connectivity index (χ1n) is 10.1. The van der Waals surface area contributed by atoms with Gasteiger partial charge in [-0.15, -0.1) is 0 Å². The Kier molecular flexibility index (Phi) is 5.05. The number of fused-ring (bicyclic) bond motifs is 2. The highest BCUT2D eigenvalue weighted by molar-refractivity contribution is 9.10. The number of hydrogen-bond acceptors (Lipinski definition) is 5. The molecule has 0 saturated heterocycles. The van der Waals surface area contributed by atoms with E-state index in [2.05, 4.69) is 22.0 Å². The van der Waals surface area contributed by atoms with E-state index in [9.17, 15) is 14.9 Å². The molecule has 0 fully saturated rings. The van der Waals surface area contributed by atoms with Crippen LogP contribution in [0.5, 0.6) is 0 Å². The van der Waals surface area contributed by atoms with E-state index in [0.717, 1.165) is 4.47 Å². The van der Waals surface area contributed by atoms with Gasteiger partial charge in [-0.2, -0.15) is 5.26 Å². The second kappa shape index (κ2) is 7.38. The van der Waals surface area contributed by atoms with Crippen molar-refractivity contribution in [3.05, 3.63) is 75.5 Å². The number of nitrogens with two attached hydrogens (primary N) is 1. The van der Waals surface area contributed by atoms with Crippen LogP contribution in [0.1, 0.15) is 37.8 Å². The summed E-state index contributed by atoms with van der Waals surface area (Å²) in [7, 11) is 1.66. The fourth-order valence-corrected chi connectivity index (χ4v) is 4.86. The molecular formula is C24H23BrN4O3. The number of nitrogens with zero attached hydrogens (tertiary/aromatic N) is 3. The lowest BCUT2D eigenvalue weighted by molar-refractivity contribution is -0.128. The number of rotatable bonds is 1. The lowest BCUT2D eigenvalue weighted by Gasteiger charge is -2.39. The van der Waals surface area contributed by atoms with Gasteiger partial charge in [0.05, 0.1) is 17.6 Å². The zero-order chi connectivity index (χ0) is 23.4. The van der Waals surface area contributed by atoms with E-state index in [1.54, 1.807) is 40.0 Å². The Balaban J connectivity index is 2.06. The molecule has 0 aliphatic carbocycles. The van der Waals surface area contributed by atoms with Crippen LogP contribution in [0, 0.1) is 11.3 Å². The number of carbonyl (C=O) groups excluding carboxylic acids is 2. The predicted molar refractivity (Wildman–Crippen MR) is 123 cm³/mol. The van der Waals surface area contributed by atoms with E-state index >= 15 is 0 Å². The first-order chi connectivity index (χ1) is 15.0. The molecule has 0 bridgehead atoms. The Morgan fingerprint density at radius 2 is 1.81 bits per heavy atom. The number of likely N-dealkylation sites (N-methyl/N-ethyl adjacent to an activating group) is 1. The minimum atomic E-state index is -1.57. The predicted octanol–water partition coefficient (Wildman–Crippen LogP) is 4.35. The molecule has 7 nitrogen and oxygen atoms in total. The maximum absolute atomic E-state index is 14.0. The second-order valence-electron chi connectivity index (χ2n) is 8.86. The second-order valence-corrected chi connectivity index (χ2v) is 9.77. The number of anilines is 1. The van der Waals surface area contributed by atoms with Gasteiger partial charge in [-0.05, 0) is 44.5 Å². The summed E-state index contributed by atoms with van der Waals surface area (Å²) in [4.78, 5) is 30.2. The number of hydrogen-bond donors (Lipinski definition) is 1. The summed E-state index contributed by atoms with van der Waals surface area (Å²) in [5.41, 5.74) is 6.13. The molecule has 0 unspecified atom stereocenters. The van der Waals surface area contributed by atoms with Gasteiger partial charge in [0.2, 0.25) is 0 Å². The van der Waals surface area contributed by atoms with Crippen LogP contribution >= 0.6 is 15.9 Å². The molecular weight excluding hydrogens is 472 g/mol. The number of ether oxygens (including phenoxy) is 1. The van der Waals surface area contributed by atoms with Crippen LogP contribution in [0.15, 0.2) is 64.4 Å². The molecule has 4 rings (SSSR count). The Morgan fingerprint density at radius 3 is 2.41 bits per heavy atom. The number of carbonyl (C=O) groups is 2. The highest BCUT2D eigenvalue weighted by atomic mass is 79.9. The van der Waals surface area contributed by atoms with E-state index in [-0.39, 0.29) is 17.3 Å². The maximum atomic E-state index is 14.0. The van der Waals surface area contributed by atoms with Crippen LogP contribution in [-0.2, 0) is 15.1 Å². The molecule has 2 aliphatic rings. The largest absolute Gasteiger partial charge is 0.443 e. The summed E-state index contributed by atoms with van der Waals surface area (Å²) >= 11 is 3.43.